The summed E-state index contributed by atoms with van der Waals surface area (Å²) in [5.41, 5.74) is 4.72. The molecule has 7 heteroatoms. The van der Waals surface area contributed by atoms with Crippen LogP contribution in [-0.4, -0.2) is 46.0 Å². The number of anilines is 1. The molecule has 0 unspecified atom stereocenters. The van der Waals surface area contributed by atoms with E-state index in [0.717, 1.165) is 38.5 Å². The highest BCUT2D eigenvalue weighted by atomic mass is 32.1. The number of tetrazole rings is 1. The van der Waals surface area contributed by atoms with Crippen LogP contribution in [0.4, 0.5) is 5.69 Å². The number of aryl methyl sites for hydroxylation is 1. The summed E-state index contributed by atoms with van der Waals surface area (Å²) < 4.78 is 4.28. The van der Waals surface area contributed by atoms with Gasteiger partial charge in [-0.05, 0) is 65.8 Å². The van der Waals surface area contributed by atoms with Gasteiger partial charge in [0.15, 0.2) is 6.67 Å². The largest absolute Gasteiger partial charge is 0.360 e. The normalized spacial score (nSPS) is 15.3. The lowest BCUT2D eigenvalue weighted by Crippen LogP contribution is -3.14. The number of nitrogens with one attached hydrogen (secondary N) is 1. The second-order valence-corrected chi connectivity index (χ2v) is 7.49. The first-order chi connectivity index (χ1) is 13.1. The SMILES string of the molecule is Cc1cccc(-n2nnn(C[NH+]3CCN(c4ccccc4)CC3)c2=S)c1C. The molecule has 6 nitrogen and oxygen atoms in total. The molecule has 0 amide bonds. The maximum absolute atomic E-state index is 5.66. The third-order valence-corrected chi connectivity index (χ3v) is 5.79. The van der Waals surface area contributed by atoms with E-state index in [1.165, 1.54) is 21.7 Å². The van der Waals surface area contributed by atoms with Gasteiger partial charge in [0, 0.05) is 5.69 Å². The number of piperazine rings is 1. The molecule has 2 heterocycles. The number of nitrogens with zero attached hydrogens (tertiary/aromatic N) is 5. The minimum atomic E-state index is 0.654. The molecule has 0 atom stereocenters. The zero-order chi connectivity index (χ0) is 18.8. The van der Waals surface area contributed by atoms with Gasteiger partial charge >= 0.3 is 0 Å². The van der Waals surface area contributed by atoms with Crippen LogP contribution in [0.1, 0.15) is 11.1 Å². The second-order valence-electron chi connectivity index (χ2n) is 7.12. The Kier molecular flexibility index (Phi) is 5.05. The van der Waals surface area contributed by atoms with Crippen LogP contribution in [0.15, 0.2) is 48.5 Å². The lowest BCUT2D eigenvalue weighted by molar-refractivity contribution is -0.924. The topological polar surface area (TPSA) is 43.3 Å². The van der Waals surface area contributed by atoms with E-state index in [1.54, 1.807) is 4.68 Å². The molecule has 1 aromatic heterocycles. The maximum atomic E-state index is 5.66. The third-order valence-electron chi connectivity index (χ3n) is 5.41. The first-order valence-corrected chi connectivity index (χ1v) is 9.77. The van der Waals surface area contributed by atoms with E-state index in [0.29, 0.717) is 4.77 Å². The van der Waals surface area contributed by atoms with Crippen LogP contribution in [0.25, 0.3) is 5.69 Å². The zero-order valence-corrected chi connectivity index (χ0v) is 16.6. The summed E-state index contributed by atoms with van der Waals surface area (Å²) in [5.74, 6) is 0. The number of para-hydroxylation sites is 1. The van der Waals surface area contributed by atoms with E-state index in [1.807, 2.05) is 16.8 Å². The molecule has 140 valence electrons. The predicted octanol–water partition coefficient (Wildman–Crippen LogP) is 1.78. The number of hydrogen-bond donors (Lipinski definition) is 1. The Bertz CT molecular complexity index is 970. The Balaban J connectivity index is 1.45. The molecule has 4 rings (SSSR count). The molecule has 1 aliphatic heterocycles. The molecule has 1 saturated heterocycles. The molecule has 1 aliphatic rings. The Morgan fingerprint density at radius 3 is 2.44 bits per heavy atom. The summed E-state index contributed by atoms with van der Waals surface area (Å²) in [6, 6.07) is 16.8. The van der Waals surface area contributed by atoms with E-state index in [-0.39, 0.29) is 0 Å². The molecule has 0 bridgehead atoms. The van der Waals surface area contributed by atoms with E-state index in [9.17, 15) is 0 Å². The quantitative estimate of drug-likeness (QED) is 0.700. The number of rotatable bonds is 4. The molecule has 1 fully saturated rings. The monoisotopic (exact) mass is 381 g/mol. The van der Waals surface area contributed by atoms with Crippen molar-refractivity contribution in [1.82, 2.24) is 19.8 Å². The fourth-order valence-corrected chi connectivity index (χ4v) is 3.82. The number of quaternary nitrogens is 1. The van der Waals surface area contributed by atoms with Crippen LogP contribution < -0.4 is 9.80 Å². The summed E-state index contributed by atoms with van der Waals surface area (Å²) in [6.45, 7) is 9.16. The minimum Gasteiger partial charge on any atom is -0.360 e. The Morgan fingerprint density at radius 2 is 1.70 bits per heavy atom. The highest BCUT2D eigenvalue weighted by Crippen LogP contribution is 2.16. The summed E-state index contributed by atoms with van der Waals surface area (Å²) in [5, 5.41) is 8.64. The highest BCUT2D eigenvalue weighted by Gasteiger charge is 2.21. The van der Waals surface area contributed by atoms with Gasteiger partial charge in [-0.2, -0.15) is 9.36 Å². The van der Waals surface area contributed by atoms with Crippen LogP contribution in [0.2, 0.25) is 0 Å². The first-order valence-electron chi connectivity index (χ1n) is 9.36. The fraction of sp³-hybridized carbons (Fsp3) is 0.350. The summed E-state index contributed by atoms with van der Waals surface area (Å²) in [6.07, 6.45) is 0. The summed E-state index contributed by atoms with van der Waals surface area (Å²) >= 11 is 5.66. The molecular formula is C20H25N6S+. The van der Waals surface area contributed by atoms with Crippen molar-refractivity contribution in [3.8, 4) is 5.69 Å². The molecule has 0 radical (unpaired) electrons. The van der Waals surface area contributed by atoms with Crippen LogP contribution in [-0.2, 0) is 6.67 Å². The standard InChI is InChI=1S/C20H24N6S/c1-16-7-6-10-19(17(16)2)26-20(27)25(21-22-26)15-23-11-13-24(14-12-23)18-8-4-3-5-9-18/h3-10H,11-15H2,1-2H3/p+1. The van der Waals surface area contributed by atoms with Crippen LogP contribution in [0.5, 0.6) is 0 Å². The summed E-state index contributed by atoms with van der Waals surface area (Å²) in [7, 11) is 0. The van der Waals surface area contributed by atoms with Gasteiger partial charge in [-0.1, -0.05) is 30.3 Å². The zero-order valence-electron chi connectivity index (χ0n) is 15.8. The van der Waals surface area contributed by atoms with Gasteiger partial charge in [-0.25, -0.2) is 0 Å². The number of benzene rings is 2. The third kappa shape index (κ3) is 3.65. The van der Waals surface area contributed by atoms with Crippen molar-refractivity contribution in [2.45, 2.75) is 20.5 Å². The average molecular weight is 382 g/mol. The average Bonchev–Trinajstić information content (AvgIpc) is 3.05. The molecule has 27 heavy (non-hydrogen) atoms. The van der Waals surface area contributed by atoms with Crippen molar-refractivity contribution < 1.29 is 4.90 Å². The van der Waals surface area contributed by atoms with Crippen molar-refractivity contribution in [2.75, 3.05) is 31.1 Å². The van der Waals surface area contributed by atoms with Gasteiger partial charge in [-0.3, -0.25) is 0 Å². The van der Waals surface area contributed by atoms with Crippen molar-refractivity contribution in [3.05, 3.63) is 64.4 Å². The molecule has 0 saturated carbocycles. The van der Waals surface area contributed by atoms with Gasteiger partial charge < -0.3 is 9.80 Å². The minimum absolute atomic E-state index is 0.654. The van der Waals surface area contributed by atoms with Crippen LogP contribution >= 0.6 is 12.2 Å². The Morgan fingerprint density at radius 1 is 0.963 bits per heavy atom. The summed E-state index contributed by atoms with van der Waals surface area (Å²) in [4.78, 5) is 3.92. The van der Waals surface area contributed by atoms with Crippen molar-refractivity contribution in [1.29, 1.82) is 0 Å². The van der Waals surface area contributed by atoms with E-state index < -0.39 is 0 Å². The van der Waals surface area contributed by atoms with Gasteiger partial charge in [0.1, 0.15) is 0 Å². The lowest BCUT2D eigenvalue weighted by atomic mass is 10.1. The molecule has 1 N–H and O–H groups in total. The molecule has 3 aromatic rings. The molecular weight excluding hydrogens is 356 g/mol. The second kappa shape index (κ2) is 7.62. The van der Waals surface area contributed by atoms with Crippen molar-refractivity contribution in [2.24, 2.45) is 0 Å². The van der Waals surface area contributed by atoms with Gasteiger partial charge in [0.25, 0.3) is 0 Å². The van der Waals surface area contributed by atoms with E-state index in [4.69, 9.17) is 12.2 Å². The Hall–Kier alpha value is -2.51. The van der Waals surface area contributed by atoms with Crippen molar-refractivity contribution in [3.63, 3.8) is 0 Å². The highest BCUT2D eigenvalue weighted by molar-refractivity contribution is 7.71. The van der Waals surface area contributed by atoms with Crippen LogP contribution in [0, 0.1) is 18.6 Å². The number of aromatic nitrogens is 4. The molecule has 0 aliphatic carbocycles. The maximum Gasteiger partial charge on any atom is 0.225 e. The lowest BCUT2D eigenvalue weighted by Gasteiger charge is -2.33. The number of hydrogen-bond acceptors (Lipinski definition) is 4. The van der Waals surface area contributed by atoms with Gasteiger partial charge in [0.2, 0.25) is 4.77 Å². The van der Waals surface area contributed by atoms with Gasteiger partial charge in [0.05, 0.1) is 31.9 Å². The molecule has 2 aromatic carbocycles. The fourth-order valence-electron chi connectivity index (χ4n) is 3.58. The molecule has 0 spiro atoms. The van der Waals surface area contributed by atoms with E-state index in [2.05, 4.69) is 65.6 Å². The van der Waals surface area contributed by atoms with Crippen molar-refractivity contribution >= 4 is 17.9 Å². The first kappa shape index (κ1) is 17.9. The van der Waals surface area contributed by atoms with E-state index >= 15 is 0 Å². The predicted molar refractivity (Wildman–Crippen MR) is 109 cm³/mol. The van der Waals surface area contributed by atoms with Gasteiger partial charge in [-0.15, -0.1) is 0 Å². The van der Waals surface area contributed by atoms with Crippen LogP contribution in [0.3, 0.4) is 0 Å². The smallest absolute Gasteiger partial charge is 0.225 e. The Labute approximate surface area is 164 Å².